The molecule has 2 heterocycles. The summed E-state index contributed by atoms with van der Waals surface area (Å²) in [6, 6.07) is 9.09. The van der Waals surface area contributed by atoms with Gasteiger partial charge in [-0.3, -0.25) is 4.79 Å². The van der Waals surface area contributed by atoms with Crippen molar-refractivity contribution >= 4 is 21.7 Å². The highest BCUT2D eigenvalue weighted by Crippen LogP contribution is 2.29. The van der Waals surface area contributed by atoms with Crippen LogP contribution in [0.25, 0.3) is 11.4 Å². The molecule has 0 spiro atoms. The van der Waals surface area contributed by atoms with Crippen molar-refractivity contribution in [2.75, 3.05) is 6.61 Å². The predicted molar refractivity (Wildman–Crippen MR) is 86.5 cm³/mol. The van der Waals surface area contributed by atoms with Crippen LogP contribution < -0.4 is 4.74 Å². The number of ether oxygens (including phenoxy) is 1. The first kappa shape index (κ1) is 18.1. The lowest BCUT2D eigenvalue weighted by molar-refractivity contribution is -0.159. The second kappa shape index (κ2) is 7.24. The Hall–Kier alpha value is -2.75. The third-order valence-electron chi connectivity index (χ3n) is 3.20. The van der Waals surface area contributed by atoms with E-state index in [4.69, 9.17) is 4.74 Å². The molecule has 0 fully saturated rings. The Morgan fingerprint density at radius 1 is 1.15 bits per heavy atom. The molecule has 0 unspecified atom stereocenters. The van der Waals surface area contributed by atoms with E-state index in [-0.39, 0.29) is 18.2 Å². The number of aromatic nitrogens is 3. The number of hydrogen-bond acceptors (Lipinski definition) is 6. The van der Waals surface area contributed by atoms with Gasteiger partial charge >= 0.3 is 12.1 Å². The summed E-state index contributed by atoms with van der Waals surface area (Å²) in [6.45, 7) is -0.205. The van der Waals surface area contributed by atoms with E-state index in [1.54, 1.807) is 12.1 Å². The summed E-state index contributed by atoms with van der Waals surface area (Å²) in [7, 11) is 0. The van der Waals surface area contributed by atoms with Crippen LogP contribution in [0.3, 0.4) is 0 Å². The molecule has 0 radical (unpaired) electrons. The Morgan fingerprint density at radius 3 is 2.46 bits per heavy atom. The molecule has 0 N–H and O–H groups in total. The zero-order valence-corrected chi connectivity index (χ0v) is 14.4. The molecule has 0 amide bonds. The van der Waals surface area contributed by atoms with E-state index in [1.165, 1.54) is 30.5 Å². The lowest BCUT2D eigenvalue weighted by atomic mass is 10.1. The molecule has 26 heavy (non-hydrogen) atoms. The van der Waals surface area contributed by atoms with Crippen molar-refractivity contribution < 1.29 is 27.2 Å². The number of Topliss-reactive ketones (excluding diaryl/α,β-unsaturated/α-hetero) is 1. The minimum Gasteiger partial charge on any atom is -0.484 e. The van der Waals surface area contributed by atoms with Crippen molar-refractivity contribution in [3.05, 3.63) is 58.7 Å². The fourth-order valence-corrected chi connectivity index (χ4v) is 2.18. The quantitative estimate of drug-likeness (QED) is 0.449. The van der Waals surface area contributed by atoms with Crippen molar-refractivity contribution in [2.45, 2.75) is 6.18 Å². The van der Waals surface area contributed by atoms with E-state index >= 15 is 0 Å². The van der Waals surface area contributed by atoms with Crippen LogP contribution in [0.2, 0.25) is 0 Å². The van der Waals surface area contributed by atoms with Crippen LogP contribution in [0.1, 0.15) is 16.2 Å². The summed E-state index contributed by atoms with van der Waals surface area (Å²) >= 11 is 3.19. The monoisotopic (exact) mass is 427 g/mol. The number of carbonyl (C=O) groups excluding carboxylic acids is 1. The number of hydrogen-bond donors (Lipinski definition) is 0. The van der Waals surface area contributed by atoms with Gasteiger partial charge in [0.1, 0.15) is 10.4 Å². The topological polar surface area (TPSA) is 78.1 Å². The molecule has 0 aliphatic rings. The number of rotatable bonds is 5. The number of ketones is 1. The van der Waals surface area contributed by atoms with Crippen LogP contribution in [0.15, 0.2) is 51.7 Å². The summed E-state index contributed by atoms with van der Waals surface area (Å²) in [5, 5.41) is 3.28. The number of carbonyl (C=O) groups is 1. The highest BCUT2D eigenvalue weighted by molar-refractivity contribution is 9.10. The summed E-state index contributed by atoms with van der Waals surface area (Å²) in [5.41, 5.74) is 0.622. The van der Waals surface area contributed by atoms with Crippen LogP contribution >= 0.6 is 15.9 Å². The van der Waals surface area contributed by atoms with Crippen molar-refractivity contribution in [3.63, 3.8) is 0 Å². The van der Waals surface area contributed by atoms with E-state index in [2.05, 4.69) is 35.6 Å². The fourth-order valence-electron chi connectivity index (χ4n) is 1.94. The minimum absolute atomic E-state index is 0.205. The third-order valence-corrected chi connectivity index (χ3v) is 3.67. The van der Waals surface area contributed by atoms with Gasteiger partial charge in [-0.05, 0) is 28.1 Å². The second-order valence-corrected chi connectivity index (χ2v) is 5.84. The molecule has 0 atom stereocenters. The Bertz CT molecular complexity index is 909. The first-order valence-electron chi connectivity index (χ1n) is 7.12. The van der Waals surface area contributed by atoms with Gasteiger partial charge in [0.15, 0.2) is 12.4 Å². The van der Waals surface area contributed by atoms with Crippen LogP contribution in [0, 0.1) is 0 Å². The van der Waals surface area contributed by atoms with E-state index in [0.717, 1.165) is 0 Å². The summed E-state index contributed by atoms with van der Waals surface area (Å²) in [6.07, 6.45) is -3.24. The Balaban J connectivity index is 1.66. The standard InChI is InChI=1S/C16H9BrF3N3O3/c17-13-6-5-11(7-21-13)25-8-12(24)9-1-3-10(4-2-9)14-22-15(26-23-14)16(18,19)20/h1-7H,8H2. The van der Waals surface area contributed by atoms with Gasteiger partial charge < -0.3 is 9.26 Å². The molecule has 0 aliphatic carbocycles. The second-order valence-electron chi connectivity index (χ2n) is 5.03. The molecular formula is C16H9BrF3N3O3. The van der Waals surface area contributed by atoms with Crippen molar-refractivity contribution in [1.29, 1.82) is 0 Å². The van der Waals surface area contributed by atoms with Crippen LogP contribution in [-0.4, -0.2) is 27.5 Å². The largest absolute Gasteiger partial charge is 0.484 e. The van der Waals surface area contributed by atoms with Gasteiger partial charge in [-0.2, -0.15) is 18.2 Å². The molecule has 0 saturated heterocycles. The summed E-state index contributed by atoms with van der Waals surface area (Å²) < 4.78 is 47.6. The number of alkyl halides is 3. The third kappa shape index (κ3) is 4.26. The molecule has 0 bridgehead atoms. The average Bonchev–Trinajstić information content (AvgIpc) is 3.12. The molecule has 3 rings (SSSR count). The van der Waals surface area contributed by atoms with E-state index in [9.17, 15) is 18.0 Å². The molecule has 134 valence electrons. The molecule has 0 aliphatic heterocycles. The first-order chi connectivity index (χ1) is 12.3. The number of benzene rings is 1. The Kier molecular flexibility index (Phi) is 5.03. The normalized spacial score (nSPS) is 11.4. The van der Waals surface area contributed by atoms with Crippen molar-refractivity contribution in [1.82, 2.24) is 15.1 Å². The fraction of sp³-hybridized carbons (Fsp3) is 0.125. The zero-order chi connectivity index (χ0) is 18.7. The van der Waals surface area contributed by atoms with Crippen molar-refractivity contribution in [3.8, 4) is 17.1 Å². The van der Waals surface area contributed by atoms with Gasteiger partial charge in [0, 0.05) is 11.1 Å². The number of nitrogens with zero attached hydrogens (tertiary/aromatic N) is 3. The summed E-state index contributed by atoms with van der Waals surface area (Å²) in [5.74, 6) is -1.51. The molecular weight excluding hydrogens is 419 g/mol. The molecule has 10 heteroatoms. The average molecular weight is 428 g/mol. The van der Waals surface area contributed by atoms with E-state index in [1.807, 2.05) is 0 Å². The molecule has 2 aromatic heterocycles. The van der Waals surface area contributed by atoms with Gasteiger partial charge in [0.2, 0.25) is 5.82 Å². The van der Waals surface area contributed by atoms with Gasteiger partial charge in [0.25, 0.3) is 0 Å². The number of pyridine rings is 1. The molecule has 1 aromatic carbocycles. The van der Waals surface area contributed by atoms with Gasteiger partial charge in [-0.1, -0.05) is 29.4 Å². The van der Waals surface area contributed by atoms with Gasteiger partial charge in [0.05, 0.1) is 6.20 Å². The van der Waals surface area contributed by atoms with Crippen molar-refractivity contribution in [2.24, 2.45) is 0 Å². The zero-order valence-electron chi connectivity index (χ0n) is 12.8. The van der Waals surface area contributed by atoms with Crippen LogP contribution in [0.5, 0.6) is 5.75 Å². The van der Waals surface area contributed by atoms with Crippen LogP contribution in [0.4, 0.5) is 13.2 Å². The highest BCUT2D eigenvalue weighted by atomic mass is 79.9. The predicted octanol–water partition coefficient (Wildman–Crippen LogP) is 4.17. The van der Waals surface area contributed by atoms with E-state index < -0.39 is 12.1 Å². The lowest BCUT2D eigenvalue weighted by Crippen LogP contribution is -2.11. The van der Waals surface area contributed by atoms with Crippen LogP contribution in [-0.2, 0) is 6.18 Å². The van der Waals surface area contributed by atoms with Gasteiger partial charge in [-0.25, -0.2) is 4.98 Å². The SMILES string of the molecule is O=C(COc1ccc(Br)nc1)c1ccc(-c2noc(C(F)(F)F)n2)cc1. The Morgan fingerprint density at radius 2 is 1.88 bits per heavy atom. The molecule has 0 saturated carbocycles. The van der Waals surface area contributed by atoms with Gasteiger partial charge in [-0.15, -0.1) is 0 Å². The smallest absolute Gasteiger partial charge is 0.471 e. The Labute approximate surface area is 153 Å². The maximum atomic E-state index is 12.5. The minimum atomic E-state index is -4.71. The summed E-state index contributed by atoms with van der Waals surface area (Å²) in [4.78, 5) is 19.4. The maximum absolute atomic E-state index is 12.5. The molecule has 6 nitrogen and oxygen atoms in total. The lowest BCUT2D eigenvalue weighted by Gasteiger charge is -2.05. The first-order valence-corrected chi connectivity index (χ1v) is 7.91. The van der Waals surface area contributed by atoms with E-state index in [0.29, 0.717) is 21.5 Å². The highest BCUT2D eigenvalue weighted by Gasteiger charge is 2.38. The maximum Gasteiger partial charge on any atom is 0.471 e. The number of halogens is 4. The molecule has 3 aromatic rings.